The molecular formula is C14H13FN4O3S. The zero-order valence-corrected chi connectivity index (χ0v) is 13.1. The number of halogens is 1. The Labute approximate surface area is 134 Å². The van der Waals surface area contributed by atoms with Gasteiger partial charge in [0.05, 0.1) is 13.2 Å². The molecule has 0 saturated carbocycles. The van der Waals surface area contributed by atoms with Gasteiger partial charge in [-0.2, -0.15) is 9.38 Å². The van der Waals surface area contributed by atoms with Crippen molar-refractivity contribution < 1.29 is 14.1 Å². The second-order valence-electron chi connectivity index (χ2n) is 4.86. The summed E-state index contributed by atoms with van der Waals surface area (Å²) in [6, 6.07) is 4.19. The van der Waals surface area contributed by atoms with Crippen molar-refractivity contribution in [3.05, 3.63) is 51.3 Å². The fourth-order valence-corrected chi connectivity index (χ4v) is 2.99. The first-order valence-electron chi connectivity index (χ1n) is 6.71. The Morgan fingerprint density at radius 3 is 2.96 bits per heavy atom. The summed E-state index contributed by atoms with van der Waals surface area (Å²) in [5, 5.41) is 16.0. The largest absolute Gasteiger partial charge is 0.494 e. The van der Waals surface area contributed by atoms with Gasteiger partial charge in [-0.1, -0.05) is 17.4 Å². The molecule has 0 radical (unpaired) electrons. The summed E-state index contributed by atoms with van der Waals surface area (Å²) in [5.74, 6) is -0.318. The Morgan fingerprint density at radius 1 is 1.52 bits per heavy atom. The SMILES string of the molecule is COc1ccc(C(C)Nc2nc3sccn3c2[N+](=O)[O-])cc1F. The number of anilines is 1. The van der Waals surface area contributed by atoms with E-state index in [4.69, 9.17) is 4.74 Å². The summed E-state index contributed by atoms with van der Waals surface area (Å²) in [6.07, 6.45) is 1.59. The predicted molar refractivity (Wildman–Crippen MR) is 84.7 cm³/mol. The van der Waals surface area contributed by atoms with Gasteiger partial charge in [0.1, 0.15) is 6.20 Å². The minimum absolute atomic E-state index is 0.137. The second-order valence-corrected chi connectivity index (χ2v) is 5.73. The van der Waals surface area contributed by atoms with Crippen molar-refractivity contribution >= 4 is 27.9 Å². The van der Waals surface area contributed by atoms with Crippen molar-refractivity contribution in [1.82, 2.24) is 9.38 Å². The van der Waals surface area contributed by atoms with Crippen molar-refractivity contribution in [2.75, 3.05) is 12.4 Å². The van der Waals surface area contributed by atoms with E-state index >= 15 is 0 Å². The molecule has 1 atom stereocenters. The highest BCUT2D eigenvalue weighted by atomic mass is 32.1. The second kappa shape index (κ2) is 5.84. The van der Waals surface area contributed by atoms with Gasteiger partial charge in [0, 0.05) is 5.38 Å². The molecule has 3 aromatic rings. The monoisotopic (exact) mass is 336 g/mol. The summed E-state index contributed by atoms with van der Waals surface area (Å²) >= 11 is 1.30. The van der Waals surface area contributed by atoms with E-state index in [-0.39, 0.29) is 23.4 Å². The van der Waals surface area contributed by atoms with E-state index in [9.17, 15) is 14.5 Å². The Hall–Kier alpha value is -2.68. The van der Waals surface area contributed by atoms with Crippen LogP contribution in [0, 0.1) is 15.9 Å². The molecular weight excluding hydrogens is 323 g/mol. The van der Waals surface area contributed by atoms with Crippen LogP contribution in [0.5, 0.6) is 5.75 Å². The molecule has 0 saturated heterocycles. The number of ether oxygens (including phenoxy) is 1. The molecule has 0 aliphatic carbocycles. The van der Waals surface area contributed by atoms with E-state index in [0.717, 1.165) is 0 Å². The molecule has 7 nitrogen and oxygen atoms in total. The third-order valence-electron chi connectivity index (χ3n) is 3.44. The maximum absolute atomic E-state index is 13.8. The summed E-state index contributed by atoms with van der Waals surface area (Å²) < 4.78 is 20.1. The zero-order chi connectivity index (χ0) is 16.6. The summed E-state index contributed by atoms with van der Waals surface area (Å²) in [5.41, 5.74) is 0.633. The lowest BCUT2D eigenvalue weighted by molar-refractivity contribution is -0.389. The number of fused-ring (bicyclic) bond motifs is 1. The lowest BCUT2D eigenvalue weighted by atomic mass is 10.1. The highest BCUT2D eigenvalue weighted by molar-refractivity contribution is 7.15. The average molecular weight is 336 g/mol. The molecule has 1 aromatic carbocycles. The smallest absolute Gasteiger partial charge is 0.372 e. The van der Waals surface area contributed by atoms with Crippen molar-refractivity contribution in [3.8, 4) is 5.75 Å². The quantitative estimate of drug-likeness (QED) is 0.568. The number of rotatable bonds is 5. The van der Waals surface area contributed by atoms with Crippen LogP contribution in [0.15, 0.2) is 29.8 Å². The standard InChI is InChI=1S/C14H13FN4O3S/c1-8(9-3-4-11(22-2)10(15)7-9)16-12-13(19(20)21)18-5-6-23-14(18)17-12/h3-8,16H,1-2H3. The van der Waals surface area contributed by atoms with Gasteiger partial charge in [0.2, 0.25) is 5.82 Å². The first-order valence-corrected chi connectivity index (χ1v) is 7.59. The van der Waals surface area contributed by atoms with Gasteiger partial charge in [0.15, 0.2) is 11.6 Å². The molecule has 0 aliphatic heterocycles. The Kier molecular flexibility index (Phi) is 3.87. The molecule has 1 unspecified atom stereocenters. The van der Waals surface area contributed by atoms with Crippen molar-refractivity contribution in [3.63, 3.8) is 0 Å². The number of benzene rings is 1. The van der Waals surface area contributed by atoms with E-state index in [1.165, 1.54) is 35.0 Å². The molecule has 2 heterocycles. The van der Waals surface area contributed by atoms with Gasteiger partial charge in [-0.25, -0.2) is 4.39 Å². The first kappa shape index (κ1) is 15.2. The van der Waals surface area contributed by atoms with E-state index in [1.54, 1.807) is 24.6 Å². The number of nitrogens with zero attached hydrogens (tertiary/aromatic N) is 3. The summed E-state index contributed by atoms with van der Waals surface area (Å²) in [6.45, 7) is 1.78. The summed E-state index contributed by atoms with van der Waals surface area (Å²) in [4.78, 5) is 15.5. The molecule has 0 amide bonds. The fourth-order valence-electron chi connectivity index (χ4n) is 2.29. The molecule has 0 bridgehead atoms. The Balaban J connectivity index is 1.92. The van der Waals surface area contributed by atoms with Crippen LogP contribution in [0.3, 0.4) is 0 Å². The Morgan fingerprint density at radius 2 is 2.30 bits per heavy atom. The Bertz CT molecular complexity index is 876. The molecule has 1 N–H and O–H groups in total. The molecule has 9 heteroatoms. The van der Waals surface area contributed by atoms with Crippen LogP contribution in [0.4, 0.5) is 16.0 Å². The third-order valence-corrected chi connectivity index (χ3v) is 4.20. The number of thiazole rings is 1. The minimum Gasteiger partial charge on any atom is -0.494 e. The predicted octanol–water partition coefficient (Wildman–Crippen LogP) is 3.62. The van der Waals surface area contributed by atoms with E-state index in [1.807, 2.05) is 0 Å². The van der Waals surface area contributed by atoms with Crippen molar-refractivity contribution in [1.29, 1.82) is 0 Å². The number of methoxy groups -OCH3 is 1. The van der Waals surface area contributed by atoms with Crippen LogP contribution in [-0.2, 0) is 0 Å². The van der Waals surface area contributed by atoms with E-state index in [2.05, 4.69) is 10.3 Å². The number of nitrogens with one attached hydrogen (secondary N) is 1. The van der Waals surface area contributed by atoms with Gasteiger partial charge in [-0.15, -0.1) is 0 Å². The van der Waals surface area contributed by atoms with Crippen LogP contribution in [0.1, 0.15) is 18.5 Å². The summed E-state index contributed by atoms with van der Waals surface area (Å²) in [7, 11) is 1.39. The number of hydrogen-bond donors (Lipinski definition) is 1. The first-order chi connectivity index (χ1) is 11.0. The van der Waals surface area contributed by atoms with Crippen LogP contribution in [0.2, 0.25) is 0 Å². The normalized spacial score (nSPS) is 12.3. The van der Waals surface area contributed by atoms with Crippen LogP contribution in [-0.4, -0.2) is 21.4 Å². The maximum Gasteiger partial charge on any atom is 0.372 e. The lowest BCUT2D eigenvalue weighted by Crippen LogP contribution is -2.09. The molecule has 23 heavy (non-hydrogen) atoms. The zero-order valence-electron chi connectivity index (χ0n) is 12.3. The number of imidazole rings is 1. The van der Waals surface area contributed by atoms with Crippen LogP contribution < -0.4 is 10.1 Å². The molecule has 2 aromatic heterocycles. The van der Waals surface area contributed by atoms with Gasteiger partial charge in [-0.3, -0.25) is 0 Å². The van der Waals surface area contributed by atoms with Crippen molar-refractivity contribution in [2.24, 2.45) is 0 Å². The third kappa shape index (κ3) is 2.70. The van der Waals surface area contributed by atoms with E-state index in [0.29, 0.717) is 10.5 Å². The topological polar surface area (TPSA) is 81.7 Å². The minimum atomic E-state index is -0.490. The molecule has 0 fully saturated rings. The number of nitro groups is 1. The van der Waals surface area contributed by atoms with Gasteiger partial charge in [-0.05, 0) is 29.5 Å². The van der Waals surface area contributed by atoms with Gasteiger partial charge < -0.3 is 20.2 Å². The molecule has 0 aliphatic rings. The highest BCUT2D eigenvalue weighted by Gasteiger charge is 2.25. The van der Waals surface area contributed by atoms with Crippen LogP contribution in [0.25, 0.3) is 4.96 Å². The maximum atomic E-state index is 13.8. The van der Waals surface area contributed by atoms with Crippen LogP contribution >= 0.6 is 11.3 Å². The van der Waals surface area contributed by atoms with Crippen molar-refractivity contribution in [2.45, 2.75) is 13.0 Å². The highest BCUT2D eigenvalue weighted by Crippen LogP contribution is 2.31. The molecule has 120 valence electrons. The van der Waals surface area contributed by atoms with E-state index < -0.39 is 10.7 Å². The fraction of sp³-hybridized carbons (Fsp3) is 0.214. The van der Waals surface area contributed by atoms with Gasteiger partial charge in [0.25, 0.3) is 4.96 Å². The number of aromatic nitrogens is 2. The number of hydrogen-bond acceptors (Lipinski definition) is 6. The average Bonchev–Trinajstić information content (AvgIpc) is 3.06. The lowest BCUT2D eigenvalue weighted by Gasteiger charge is -2.14. The van der Waals surface area contributed by atoms with Gasteiger partial charge >= 0.3 is 5.82 Å². The molecule has 0 spiro atoms. The molecule has 3 rings (SSSR count).